The SMILES string of the molecule is CCCCNC(=O)c1cc(C(C)(C)Cc2cncc(-c3cc(C(C)(C)Cc4ccc(-c5cc(C(C)(C)C)cc(C(=O)NCCCC)c5O)nc4)cc(C(=O)NCCCC)c3O)c2)cc(-c2ccc(Cl)cc2)c1O. The number of nitrogens with zero attached hydrogens (tertiary/aromatic N) is 2. The van der Waals surface area contributed by atoms with Crippen LogP contribution in [0.15, 0.2) is 97.5 Å². The molecule has 0 fully saturated rings. The van der Waals surface area contributed by atoms with Gasteiger partial charge in [-0.1, -0.05) is 118 Å². The van der Waals surface area contributed by atoms with Gasteiger partial charge in [0, 0.05) is 65.5 Å². The molecule has 0 aliphatic heterocycles. The van der Waals surface area contributed by atoms with Crippen LogP contribution in [-0.2, 0) is 29.1 Å². The molecular weight excluding hydrogens is 934 g/mol. The van der Waals surface area contributed by atoms with Crippen molar-refractivity contribution in [2.75, 3.05) is 19.6 Å². The summed E-state index contributed by atoms with van der Waals surface area (Å²) in [5.74, 6) is -1.45. The number of hydrogen-bond acceptors (Lipinski definition) is 8. The van der Waals surface area contributed by atoms with Crippen molar-refractivity contribution in [3.63, 3.8) is 0 Å². The number of hydrogen-bond donors (Lipinski definition) is 6. The summed E-state index contributed by atoms with van der Waals surface area (Å²) in [6.45, 7) is 22.1. The molecule has 0 atom stereocenters. The fourth-order valence-electron chi connectivity index (χ4n) is 8.97. The van der Waals surface area contributed by atoms with Crippen LogP contribution in [0.2, 0.25) is 5.02 Å². The predicted octanol–water partition coefficient (Wildman–Crippen LogP) is 13.2. The van der Waals surface area contributed by atoms with Crippen molar-refractivity contribution >= 4 is 29.3 Å². The third-order valence-electron chi connectivity index (χ3n) is 13.6. The number of aromatic nitrogens is 2. The predicted molar refractivity (Wildman–Crippen MR) is 295 cm³/mol. The second kappa shape index (κ2) is 23.9. The number of amides is 3. The number of carbonyl (C=O) groups is 3. The van der Waals surface area contributed by atoms with E-state index in [1.165, 1.54) is 0 Å². The maximum atomic E-state index is 13.9. The molecule has 0 unspecified atom stereocenters. The molecule has 73 heavy (non-hydrogen) atoms. The lowest BCUT2D eigenvalue weighted by atomic mass is 9.76. The van der Waals surface area contributed by atoms with E-state index in [-0.39, 0.29) is 57.1 Å². The molecule has 3 amide bonds. The molecule has 0 saturated heterocycles. The van der Waals surface area contributed by atoms with E-state index in [4.69, 9.17) is 16.6 Å². The number of halogens is 1. The van der Waals surface area contributed by atoms with E-state index >= 15 is 0 Å². The number of nitrogens with one attached hydrogen (secondary N) is 3. The number of benzene rings is 4. The fraction of sp³-hybridized carbons (Fsp3) is 0.393. The van der Waals surface area contributed by atoms with Crippen LogP contribution in [0.25, 0.3) is 33.5 Å². The molecular formula is C61H74ClN5O6. The highest BCUT2D eigenvalue weighted by Crippen LogP contribution is 2.42. The number of unbranched alkanes of at least 4 members (excludes halogenated alkanes) is 3. The molecule has 4 aromatic carbocycles. The fourth-order valence-corrected chi connectivity index (χ4v) is 9.09. The molecule has 0 aliphatic carbocycles. The Morgan fingerprint density at radius 2 is 0.945 bits per heavy atom. The normalized spacial score (nSPS) is 11.9. The Labute approximate surface area is 437 Å². The third-order valence-corrected chi connectivity index (χ3v) is 13.8. The van der Waals surface area contributed by atoms with Gasteiger partial charge in [-0.3, -0.25) is 24.4 Å². The molecule has 0 saturated carbocycles. The Hall–Kier alpha value is -6.72. The minimum Gasteiger partial charge on any atom is -0.506 e. The second-order valence-electron chi connectivity index (χ2n) is 21.6. The lowest BCUT2D eigenvalue weighted by Crippen LogP contribution is -2.26. The third kappa shape index (κ3) is 13.7. The smallest absolute Gasteiger partial charge is 0.255 e. The molecule has 0 spiro atoms. The Balaban J connectivity index is 1.36. The van der Waals surface area contributed by atoms with Gasteiger partial charge in [0.25, 0.3) is 17.7 Å². The van der Waals surface area contributed by atoms with Gasteiger partial charge in [-0.15, -0.1) is 0 Å². The van der Waals surface area contributed by atoms with Gasteiger partial charge >= 0.3 is 0 Å². The zero-order chi connectivity index (χ0) is 53.3. The monoisotopic (exact) mass is 1010 g/mol. The molecule has 6 rings (SSSR count). The van der Waals surface area contributed by atoms with E-state index < -0.39 is 10.8 Å². The quantitative estimate of drug-likeness (QED) is 0.0387. The molecule has 11 nitrogen and oxygen atoms in total. The van der Waals surface area contributed by atoms with Crippen molar-refractivity contribution in [1.82, 2.24) is 25.9 Å². The van der Waals surface area contributed by atoms with Crippen molar-refractivity contribution in [3.8, 4) is 50.8 Å². The Morgan fingerprint density at radius 1 is 0.507 bits per heavy atom. The van der Waals surface area contributed by atoms with Crippen molar-refractivity contribution in [3.05, 3.63) is 147 Å². The first-order valence-electron chi connectivity index (χ1n) is 25.7. The van der Waals surface area contributed by atoms with E-state index in [1.807, 2.05) is 48.5 Å². The second-order valence-corrected chi connectivity index (χ2v) is 22.0. The minimum atomic E-state index is -0.591. The number of rotatable bonds is 21. The average Bonchev–Trinajstić information content (AvgIpc) is 3.34. The summed E-state index contributed by atoms with van der Waals surface area (Å²) in [6.07, 6.45) is 11.4. The van der Waals surface area contributed by atoms with Gasteiger partial charge in [-0.05, 0) is 142 Å². The molecule has 12 heteroatoms. The molecule has 0 bridgehead atoms. The summed E-state index contributed by atoms with van der Waals surface area (Å²) >= 11 is 6.24. The zero-order valence-electron chi connectivity index (χ0n) is 44.4. The molecule has 386 valence electrons. The maximum Gasteiger partial charge on any atom is 0.255 e. The lowest BCUT2D eigenvalue weighted by molar-refractivity contribution is 0.0941. The maximum absolute atomic E-state index is 13.9. The van der Waals surface area contributed by atoms with Gasteiger partial charge in [-0.2, -0.15) is 0 Å². The number of carbonyl (C=O) groups excluding carboxylic acids is 3. The summed E-state index contributed by atoms with van der Waals surface area (Å²) in [5, 5.41) is 44.5. The van der Waals surface area contributed by atoms with Crippen LogP contribution in [0.4, 0.5) is 0 Å². The number of phenolic OH excluding ortho intramolecular Hbond substituents is 3. The van der Waals surface area contributed by atoms with E-state index in [0.29, 0.717) is 71.0 Å². The van der Waals surface area contributed by atoms with Gasteiger partial charge < -0.3 is 31.3 Å². The number of phenols is 3. The van der Waals surface area contributed by atoms with Gasteiger partial charge in [0.2, 0.25) is 0 Å². The van der Waals surface area contributed by atoms with Crippen LogP contribution in [0.3, 0.4) is 0 Å². The van der Waals surface area contributed by atoms with Crippen LogP contribution in [0.1, 0.15) is 167 Å². The first-order chi connectivity index (χ1) is 34.6. The first kappa shape index (κ1) is 55.6. The summed E-state index contributed by atoms with van der Waals surface area (Å²) in [5.41, 5.74) is 6.67. The van der Waals surface area contributed by atoms with Gasteiger partial charge in [0.05, 0.1) is 22.4 Å². The van der Waals surface area contributed by atoms with E-state index in [2.05, 4.69) is 90.2 Å². The molecule has 0 aliphatic rings. The average molecular weight is 1010 g/mol. The van der Waals surface area contributed by atoms with Crippen molar-refractivity contribution < 1.29 is 29.7 Å². The number of pyridine rings is 2. The lowest BCUT2D eigenvalue weighted by Gasteiger charge is -2.28. The van der Waals surface area contributed by atoms with Gasteiger partial charge in [-0.25, -0.2) is 0 Å². The first-order valence-corrected chi connectivity index (χ1v) is 26.1. The van der Waals surface area contributed by atoms with Crippen molar-refractivity contribution in [2.45, 2.75) is 137 Å². The molecule has 0 radical (unpaired) electrons. The van der Waals surface area contributed by atoms with Crippen LogP contribution in [-0.4, -0.2) is 62.6 Å². The van der Waals surface area contributed by atoms with Crippen LogP contribution < -0.4 is 16.0 Å². The minimum absolute atomic E-state index is 0.110. The van der Waals surface area contributed by atoms with E-state index in [0.717, 1.165) is 66.3 Å². The van der Waals surface area contributed by atoms with Crippen LogP contribution in [0.5, 0.6) is 17.2 Å². The highest BCUT2D eigenvalue weighted by atomic mass is 35.5. The van der Waals surface area contributed by atoms with Crippen molar-refractivity contribution in [2.24, 2.45) is 0 Å². The Bertz CT molecular complexity index is 2920. The van der Waals surface area contributed by atoms with Gasteiger partial charge in [0.1, 0.15) is 17.2 Å². The molecule has 6 N–H and O–H groups in total. The summed E-state index contributed by atoms with van der Waals surface area (Å²) < 4.78 is 0. The van der Waals surface area contributed by atoms with E-state index in [1.54, 1.807) is 48.9 Å². The highest BCUT2D eigenvalue weighted by molar-refractivity contribution is 6.30. The summed E-state index contributed by atoms with van der Waals surface area (Å²) in [6, 6.07) is 24.0. The number of aromatic hydroxyl groups is 3. The van der Waals surface area contributed by atoms with Crippen LogP contribution in [0, 0.1) is 0 Å². The Kier molecular flexibility index (Phi) is 18.2. The van der Waals surface area contributed by atoms with Gasteiger partial charge in [0.15, 0.2) is 0 Å². The van der Waals surface area contributed by atoms with Crippen LogP contribution >= 0.6 is 11.6 Å². The Morgan fingerprint density at radius 3 is 1.40 bits per heavy atom. The molecule has 2 aromatic heterocycles. The summed E-state index contributed by atoms with van der Waals surface area (Å²) in [4.78, 5) is 50.3. The molecule has 6 aromatic rings. The largest absolute Gasteiger partial charge is 0.506 e. The van der Waals surface area contributed by atoms with Crippen molar-refractivity contribution in [1.29, 1.82) is 0 Å². The summed E-state index contributed by atoms with van der Waals surface area (Å²) in [7, 11) is 0. The van der Waals surface area contributed by atoms with E-state index in [9.17, 15) is 29.7 Å². The topological polar surface area (TPSA) is 174 Å². The standard InChI is InChI=1S/C61H74ClN5O6/c1-11-14-23-64-56(71)49-28-42(59(4,5)6)27-48(55(49)70)52-22-17-38(36-67-52)33-60(7,8)44-30-47(54(69)51(32-44)58(73)66-25-16-13-3)41-26-39(35-63-37-41)34-61(9,10)43-29-46(40-18-20-45(62)21-19-40)53(68)50(31-43)57(72)65-24-15-12-2/h17-22,26-32,35-37,68-70H,11-16,23-25,33-34H2,1-10H3,(H,64,71)(H,65,72)(H,66,73). The molecule has 2 heterocycles. The highest BCUT2D eigenvalue weighted by Gasteiger charge is 2.30. The zero-order valence-corrected chi connectivity index (χ0v) is 45.1.